The summed E-state index contributed by atoms with van der Waals surface area (Å²) in [6, 6.07) is 15.4. The van der Waals surface area contributed by atoms with Crippen LogP contribution in [0.4, 0.5) is 11.5 Å². The molecule has 0 saturated carbocycles. The fourth-order valence-corrected chi connectivity index (χ4v) is 2.58. The molecule has 0 fully saturated rings. The summed E-state index contributed by atoms with van der Waals surface area (Å²) in [7, 11) is 1.61. The Morgan fingerprint density at radius 2 is 1.69 bits per heavy atom. The van der Waals surface area contributed by atoms with Gasteiger partial charge in [-0.1, -0.05) is 19.1 Å². The third-order valence-corrected chi connectivity index (χ3v) is 4.23. The van der Waals surface area contributed by atoms with Gasteiger partial charge in [0.2, 0.25) is 0 Å². The van der Waals surface area contributed by atoms with Crippen LogP contribution in [-0.2, 0) is 6.42 Å². The first-order valence-electron chi connectivity index (χ1n) is 9.41. The van der Waals surface area contributed by atoms with Crippen molar-refractivity contribution in [3.05, 3.63) is 72.2 Å². The normalized spacial score (nSPS) is 10.3. The highest BCUT2D eigenvalue weighted by molar-refractivity contribution is 5.92. The van der Waals surface area contributed by atoms with E-state index in [4.69, 9.17) is 9.47 Å². The number of nitrogens with zero attached hydrogens (tertiary/aromatic N) is 2. The lowest BCUT2D eigenvalue weighted by molar-refractivity contribution is 0.0941. The van der Waals surface area contributed by atoms with Crippen LogP contribution >= 0.6 is 0 Å². The standard InChI is InChI=1S/C22H24N4O3/c1-3-16-4-6-17(7-5-16)26-21-15-24-20(14-25-21)22(27)23-12-13-29-19-10-8-18(28-2)9-11-19/h4-11,14-15H,3,12-13H2,1-2H3,(H,23,27)(H,25,26). The maximum Gasteiger partial charge on any atom is 0.271 e. The highest BCUT2D eigenvalue weighted by Gasteiger charge is 2.08. The molecule has 7 nitrogen and oxygen atoms in total. The van der Waals surface area contributed by atoms with Crippen molar-refractivity contribution >= 4 is 17.4 Å². The number of benzene rings is 2. The molecular formula is C22H24N4O3. The van der Waals surface area contributed by atoms with Gasteiger partial charge in [0.1, 0.15) is 29.6 Å². The Kier molecular flexibility index (Phi) is 7.00. The van der Waals surface area contributed by atoms with E-state index >= 15 is 0 Å². The zero-order valence-electron chi connectivity index (χ0n) is 16.5. The Bertz CT molecular complexity index is 910. The van der Waals surface area contributed by atoms with E-state index in [1.165, 1.54) is 18.0 Å². The molecule has 29 heavy (non-hydrogen) atoms. The third kappa shape index (κ3) is 5.93. The number of hydrogen-bond donors (Lipinski definition) is 2. The van der Waals surface area contributed by atoms with Crippen LogP contribution < -0.4 is 20.1 Å². The minimum atomic E-state index is -0.297. The molecule has 0 aliphatic rings. The number of methoxy groups -OCH3 is 1. The average molecular weight is 392 g/mol. The van der Waals surface area contributed by atoms with Crippen LogP contribution in [0.5, 0.6) is 11.5 Å². The summed E-state index contributed by atoms with van der Waals surface area (Å²) in [5.74, 6) is 1.76. The highest BCUT2D eigenvalue weighted by Crippen LogP contribution is 2.17. The van der Waals surface area contributed by atoms with Crippen molar-refractivity contribution in [1.29, 1.82) is 0 Å². The monoisotopic (exact) mass is 392 g/mol. The van der Waals surface area contributed by atoms with E-state index < -0.39 is 0 Å². The number of carbonyl (C=O) groups excluding carboxylic acids is 1. The van der Waals surface area contributed by atoms with Gasteiger partial charge in [0.05, 0.1) is 26.0 Å². The molecule has 2 aromatic carbocycles. The molecule has 150 valence electrons. The molecule has 7 heteroatoms. The number of aryl methyl sites for hydroxylation is 1. The van der Waals surface area contributed by atoms with E-state index in [1.807, 2.05) is 36.4 Å². The fourth-order valence-electron chi connectivity index (χ4n) is 2.58. The molecule has 0 bridgehead atoms. The van der Waals surface area contributed by atoms with E-state index in [2.05, 4.69) is 39.7 Å². The highest BCUT2D eigenvalue weighted by atomic mass is 16.5. The lowest BCUT2D eigenvalue weighted by Crippen LogP contribution is -2.28. The quantitative estimate of drug-likeness (QED) is 0.541. The van der Waals surface area contributed by atoms with Crippen molar-refractivity contribution in [3.63, 3.8) is 0 Å². The Balaban J connectivity index is 1.44. The number of carbonyl (C=O) groups is 1. The summed E-state index contributed by atoms with van der Waals surface area (Å²) in [5, 5.41) is 5.93. The number of aromatic nitrogens is 2. The zero-order chi connectivity index (χ0) is 20.5. The van der Waals surface area contributed by atoms with Gasteiger partial charge in [-0.2, -0.15) is 0 Å². The molecule has 0 atom stereocenters. The Morgan fingerprint density at radius 1 is 0.966 bits per heavy atom. The van der Waals surface area contributed by atoms with Gasteiger partial charge in [0.25, 0.3) is 5.91 Å². The number of hydrogen-bond acceptors (Lipinski definition) is 6. The first kappa shape index (κ1) is 20.1. The number of nitrogens with one attached hydrogen (secondary N) is 2. The van der Waals surface area contributed by atoms with Gasteiger partial charge in [-0.15, -0.1) is 0 Å². The lowest BCUT2D eigenvalue weighted by atomic mass is 10.1. The first-order valence-corrected chi connectivity index (χ1v) is 9.41. The SMILES string of the molecule is CCc1ccc(Nc2cnc(C(=O)NCCOc3ccc(OC)cc3)cn2)cc1. The van der Waals surface area contributed by atoms with Crippen LogP contribution in [0.1, 0.15) is 23.0 Å². The molecule has 1 aromatic heterocycles. The van der Waals surface area contributed by atoms with Crippen LogP contribution in [0.2, 0.25) is 0 Å². The van der Waals surface area contributed by atoms with Crippen molar-refractivity contribution < 1.29 is 14.3 Å². The number of anilines is 2. The zero-order valence-corrected chi connectivity index (χ0v) is 16.5. The van der Waals surface area contributed by atoms with Crippen LogP contribution in [0.3, 0.4) is 0 Å². The minimum Gasteiger partial charge on any atom is -0.497 e. The van der Waals surface area contributed by atoms with Crippen LogP contribution in [0.15, 0.2) is 60.9 Å². The van der Waals surface area contributed by atoms with Gasteiger partial charge >= 0.3 is 0 Å². The van der Waals surface area contributed by atoms with Crippen molar-refractivity contribution in [1.82, 2.24) is 15.3 Å². The number of rotatable bonds is 9. The Labute approximate surface area is 170 Å². The third-order valence-electron chi connectivity index (χ3n) is 4.23. The number of amides is 1. The summed E-state index contributed by atoms with van der Waals surface area (Å²) >= 11 is 0. The molecule has 3 aromatic rings. The topological polar surface area (TPSA) is 85.4 Å². The van der Waals surface area contributed by atoms with E-state index in [-0.39, 0.29) is 11.6 Å². The van der Waals surface area contributed by atoms with Crippen molar-refractivity contribution in [2.45, 2.75) is 13.3 Å². The largest absolute Gasteiger partial charge is 0.497 e. The lowest BCUT2D eigenvalue weighted by Gasteiger charge is -2.09. The molecule has 1 heterocycles. The molecule has 0 saturated heterocycles. The summed E-state index contributed by atoms with van der Waals surface area (Å²) in [4.78, 5) is 20.6. The second kappa shape index (κ2) is 10.1. The minimum absolute atomic E-state index is 0.251. The molecule has 0 aliphatic carbocycles. The molecule has 0 radical (unpaired) electrons. The average Bonchev–Trinajstić information content (AvgIpc) is 2.78. The molecule has 0 unspecified atom stereocenters. The molecular weight excluding hydrogens is 368 g/mol. The van der Waals surface area contributed by atoms with Gasteiger partial charge in [0.15, 0.2) is 0 Å². The summed E-state index contributed by atoms with van der Waals surface area (Å²) in [6.07, 6.45) is 3.98. The van der Waals surface area contributed by atoms with Crippen molar-refractivity contribution in [3.8, 4) is 11.5 Å². The summed E-state index contributed by atoms with van der Waals surface area (Å²) < 4.78 is 10.7. The van der Waals surface area contributed by atoms with Crippen LogP contribution in [0.25, 0.3) is 0 Å². The summed E-state index contributed by atoms with van der Waals surface area (Å²) in [6.45, 7) is 2.82. The molecule has 0 aliphatic heterocycles. The predicted octanol–water partition coefficient (Wildman–Crippen LogP) is 3.60. The smallest absolute Gasteiger partial charge is 0.271 e. The van der Waals surface area contributed by atoms with Crippen molar-refractivity contribution in [2.75, 3.05) is 25.6 Å². The van der Waals surface area contributed by atoms with Crippen LogP contribution in [-0.4, -0.2) is 36.1 Å². The van der Waals surface area contributed by atoms with E-state index in [0.717, 1.165) is 17.9 Å². The van der Waals surface area contributed by atoms with E-state index in [1.54, 1.807) is 7.11 Å². The Hall–Kier alpha value is -3.61. The predicted molar refractivity (Wildman–Crippen MR) is 112 cm³/mol. The second-order valence-electron chi connectivity index (χ2n) is 6.24. The maximum atomic E-state index is 12.2. The maximum absolute atomic E-state index is 12.2. The van der Waals surface area contributed by atoms with E-state index in [9.17, 15) is 4.79 Å². The van der Waals surface area contributed by atoms with Crippen LogP contribution in [0, 0.1) is 0 Å². The first-order chi connectivity index (χ1) is 14.2. The summed E-state index contributed by atoms with van der Waals surface area (Å²) in [5.41, 5.74) is 2.44. The van der Waals surface area contributed by atoms with Gasteiger partial charge < -0.3 is 20.1 Å². The Morgan fingerprint density at radius 3 is 2.31 bits per heavy atom. The van der Waals surface area contributed by atoms with Gasteiger partial charge in [-0.05, 0) is 48.4 Å². The van der Waals surface area contributed by atoms with E-state index in [0.29, 0.717) is 24.7 Å². The molecule has 1 amide bonds. The molecule has 0 spiro atoms. The molecule has 3 rings (SSSR count). The number of ether oxygens (including phenoxy) is 2. The molecule has 2 N–H and O–H groups in total. The van der Waals surface area contributed by atoms with Crippen molar-refractivity contribution in [2.24, 2.45) is 0 Å². The van der Waals surface area contributed by atoms with Gasteiger partial charge in [-0.3, -0.25) is 4.79 Å². The second-order valence-corrected chi connectivity index (χ2v) is 6.24. The van der Waals surface area contributed by atoms with Gasteiger partial charge in [0, 0.05) is 5.69 Å². The fraction of sp³-hybridized carbons (Fsp3) is 0.227. The van der Waals surface area contributed by atoms with Gasteiger partial charge in [-0.25, -0.2) is 9.97 Å².